The highest BCUT2D eigenvalue weighted by Gasteiger charge is 2.24. The molecule has 0 aliphatic carbocycles. The number of carbonyl (C=O) groups is 1. The first-order chi connectivity index (χ1) is 12.9. The highest BCUT2D eigenvalue weighted by molar-refractivity contribution is 5.77. The van der Waals surface area contributed by atoms with E-state index in [9.17, 15) is 9.59 Å². The molecule has 3 heterocycles. The van der Waals surface area contributed by atoms with E-state index in [2.05, 4.69) is 32.0 Å². The van der Waals surface area contributed by atoms with Gasteiger partial charge in [0.05, 0.1) is 6.54 Å². The smallest absolute Gasteiger partial charge is 0.323 e. The highest BCUT2D eigenvalue weighted by Crippen LogP contribution is 2.21. The summed E-state index contributed by atoms with van der Waals surface area (Å²) in [6.45, 7) is 5.04. The number of hydrogen-bond acceptors (Lipinski definition) is 7. The lowest BCUT2D eigenvalue weighted by molar-refractivity contribution is -0.135. The Balaban J connectivity index is 2.18. The minimum atomic E-state index is -1.00. The molecular formula is C17H23N7O3. The molecule has 0 atom stereocenters. The van der Waals surface area contributed by atoms with Crippen LogP contribution in [0.15, 0.2) is 4.79 Å². The third-order valence-corrected chi connectivity index (χ3v) is 4.47. The van der Waals surface area contributed by atoms with Crippen LogP contribution in [0.25, 0.3) is 11.2 Å². The number of hydrogen-bond donors (Lipinski definition) is 2. The summed E-state index contributed by atoms with van der Waals surface area (Å²) in [4.78, 5) is 36.7. The van der Waals surface area contributed by atoms with Crippen molar-refractivity contribution in [2.75, 3.05) is 49.6 Å². The van der Waals surface area contributed by atoms with E-state index in [4.69, 9.17) is 5.11 Å². The summed E-state index contributed by atoms with van der Waals surface area (Å²) >= 11 is 0. The molecule has 0 aromatic carbocycles. The first kappa shape index (κ1) is 18.7. The van der Waals surface area contributed by atoms with Gasteiger partial charge >= 0.3 is 5.97 Å². The summed E-state index contributed by atoms with van der Waals surface area (Å²) in [7, 11) is 3.16. The Labute approximate surface area is 156 Å². The van der Waals surface area contributed by atoms with Crippen LogP contribution in [0, 0.1) is 11.8 Å². The van der Waals surface area contributed by atoms with Crippen molar-refractivity contribution >= 4 is 29.0 Å². The standard InChI is InChI=1S/C17H23N7O3/c1-4-5-8-24-13-14(20-17(24)23-9-6-18-7-10-23)19-16(22(3)15(13)27)21(2)11-12(25)26/h18H,6-11H2,1-3H3,(H,25,26). The van der Waals surface area contributed by atoms with Gasteiger partial charge < -0.3 is 20.2 Å². The second-order valence-electron chi connectivity index (χ2n) is 6.36. The van der Waals surface area contributed by atoms with E-state index in [1.54, 1.807) is 25.6 Å². The maximum atomic E-state index is 13.0. The molecule has 1 aliphatic rings. The summed E-state index contributed by atoms with van der Waals surface area (Å²) in [6.07, 6.45) is 0. The molecule has 0 bridgehead atoms. The molecule has 144 valence electrons. The van der Waals surface area contributed by atoms with Crippen LogP contribution < -0.4 is 20.7 Å². The minimum absolute atomic E-state index is 0.257. The number of piperazine rings is 1. The molecule has 2 aromatic heterocycles. The molecule has 0 amide bonds. The van der Waals surface area contributed by atoms with Crippen LogP contribution in [-0.2, 0) is 18.4 Å². The number of anilines is 2. The van der Waals surface area contributed by atoms with Gasteiger partial charge in [-0.05, 0) is 6.92 Å². The van der Waals surface area contributed by atoms with E-state index in [0.29, 0.717) is 23.7 Å². The van der Waals surface area contributed by atoms with Gasteiger partial charge in [-0.3, -0.25) is 18.7 Å². The van der Waals surface area contributed by atoms with Crippen molar-refractivity contribution in [3.63, 3.8) is 0 Å². The number of carboxylic acid groups (broad SMARTS) is 1. The number of aromatic nitrogens is 4. The van der Waals surface area contributed by atoms with Gasteiger partial charge in [0.2, 0.25) is 11.9 Å². The minimum Gasteiger partial charge on any atom is -0.480 e. The lowest BCUT2D eigenvalue weighted by atomic mass is 10.4. The molecule has 1 aliphatic heterocycles. The van der Waals surface area contributed by atoms with Gasteiger partial charge in [-0.25, -0.2) is 0 Å². The fraction of sp³-hybridized carbons (Fsp3) is 0.529. The molecule has 0 radical (unpaired) electrons. The second kappa shape index (κ2) is 7.67. The van der Waals surface area contributed by atoms with Gasteiger partial charge in [-0.2, -0.15) is 9.97 Å². The lowest BCUT2D eigenvalue weighted by Gasteiger charge is -2.28. The van der Waals surface area contributed by atoms with Crippen LogP contribution in [0.2, 0.25) is 0 Å². The molecule has 0 spiro atoms. The zero-order chi connectivity index (χ0) is 19.6. The number of rotatable bonds is 5. The van der Waals surface area contributed by atoms with E-state index < -0.39 is 5.97 Å². The van der Waals surface area contributed by atoms with Gasteiger partial charge in [-0.1, -0.05) is 5.92 Å². The SMILES string of the molecule is CC#CCn1c(N2CCNCC2)nc2nc(N(C)CC(=O)O)n(C)c(=O)c21. The molecule has 0 saturated carbocycles. The number of aliphatic carboxylic acids is 1. The molecule has 2 N–H and O–H groups in total. The number of nitrogens with zero attached hydrogens (tertiary/aromatic N) is 6. The predicted molar refractivity (Wildman–Crippen MR) is 102 cm³/mol. The van der Waals surface area contributed by atoms with Gasteiger partial charge in [0.25, 0.3) is 5.56 Å². The van der Waals surface area contributed by atoms with Gasteiger partial charge in [0.1, 0.15) is 6.54 Å². The maximum absolute atomic E-state index is 13.0. The van der Waals surface area contributed by atoms with Crippen molar-refractivity contribution in [3.8, 4) is 11.8 Å². The van der Waals surface area contributed by atoms with Crippen LogP contribution in [0.5, 0.6) is 0 Å². The molecule has 3 rings (SSSR count). The van der Waals surface area contributed by atoms with E-state index >= 15 is 0 Å². The highest BCUT2D eigenvalue weighted by atomic mass is 16.4. The molecule has 10 nitrogen and oxygen atoms in total. The average Bonchev–Trinajstić information content (AvgIpc) is 3.01. The summed E-state index contributed by atoms with van der Waals surface area (Å²) in [6, 6.07) is 0. The number of likely N-dealkylation sites (N-methyl/N-ethyl adjacent to an activating group) is 1. The molecular weight excluding hydrogens is 350 g/mol. The predicted octanol–water partition coefficient (Wildman–Crippen LogP) is -0.916. The van der Waals surface area contributed by atoms with Gasteiger partial charge in [0.15, 0.2) is 11.2 Å². The summed E-state index contributed by atoms with van der Waals surface area (Å²) in [5.74, 6) is 5.77. The Morgan fingerprint density at radius 1 is 1.33 bits per heavy atom. The quantitative estimate of drug-likeness (QED) is 0.648. The first-order valence-electron chi connectivity index (χ1n) is 8.69. The summed E-state index contributed by atoms with van der Waals surface area (Å²) < 4.78 is 3.15. The van der Waals surface area contributed by atoms with Crippen molar-refractivity contribution in [3.05, 3.63) is 10.4 Å². The number of fused-ring (bicyclic) bond motifs is 1. The van der Waals surface area contributed by atoms with Crippen LogP contribution >= 0.6 is 0 Å². The molecule has 1 saturated heterocycles. The van der Waals surface area contributed by atoms with Crippen molar-refractivity contribution in [2.24, 2.45) is 7.05 Å². The van der Waals surface area contributed by atoms with Crippen molar-refractivity contribution in [2.45, 2.75) is 13.5 Å². The summed E-state index contributed by atoms with van der Waals surface area (Å²) in [5.41, 5.74) is 0.400. The third kappa shape index (κ3) is 3.59. The number of carboxylic acids is 1. The number of imidazole rings is 1. The molecule has 2 aromatic rings. The van der Waals surface area contributed by atoms with E-state index in [-0.39, 0.29) is 18.1 Å². The van der Waals surface area contributed by atoms with E-state index in [1.165, 1.54) is 9.47 Å². The van der Waals surface area contributed by atoms with Gasteiger partial charge in [-0.15, -0.1) is 5.92 Å². The van der Waals surface area contributed by atoms with E-state index in [0.717, 1.165) is 26.2 Å². The Bertz CT molecular complexity index is 976. The van der Waals surface area contributed by atoms with Crippen LogP contribution in [0.1, 0.15) is 6.92 Å². The zero-order valence-corrected chi connectivity index (χ0v) is 15.7. The summed E-state index contributed by atoms with van der Waals surface area (Å²) in [5, 5.41) is 12.3. The monoisotopic (exact) mass is 373 g/mol. The second-order valence-corrected chi connectivity index (χ2v) is 6.36. The third-order valence-electron chi connectivity index (χ3n) is 4.47. The molecule has 1 fully saturated rings. The first-order valence-corrected chi connectivity index (χ1v) is 8.69. The average molecular weight is 373 g/mol. The van der Waals surface area contributed by atoms with Crippen LogP contribution in [0.3, 0.4) is 0 Å². The van der Waals surface area contributed by atoms with Gasteiger partial charge in [0, 0.05) is 40.3 Å². The fourth-order valence-electron chi connectivity index (χ4n) is 3.17. The largest absolute Gasteiger partial charge is 0.480 e. The Hall–Kier alpha value is -3.06. The Morgan fingerprint density at radius 2 is 2.04 bits per heavy atom. The molecule has 0 unspecified atom stereocenters. The van der Waals surface area contributed by atoms with Crippen LogP contribution in [-0.4, -0.2) is 69.9 Å². The Kier molecular flexibility index (Phi) is 5.32. The zero-order valence-electron chi connectivity index (χ0n) is 15.7. The van der Waals surface area contributed by atoms with E-state index in [1.807, 2.05) is 0 Å². The molecule has 27 heavy (non-hydrogen) atoms. The fourth-order valence-corrected chi connectivity index (χ4v) is 3.17. The van der Waals surface area contributed by atoms with Crippen molar-refractivity contribution in [1.29, 1.82) is 0 Å². The lowest BCUT2D eigenvalue weighted by Crippen LogP contribution is -2.44. The Morgan fingerprint density at radius 3 is 2.67 bits per heavy atom. The topological polar surface area (TPSA) is 109 Å². The number of nitrogens with one attached hydrogen (secondary N) is 1. The van der Waals surface area contributed by atoms with Crippen molar-refractivity contribution < 1.29 is 9.90 Å². The van der Waals surface area contributed by atoms with Crippen LogP contribution in [0.4, 0.5) is 11.9 Å². The normalized spacial score (nSPS) is 14.1. The van der Waals surface area contributed by atoms with Crippen molar-refractivity contribution in [1.82, 2.24) is 24.4 Å². The maximum Gasteiger partial charge on any atom is 0.323 e. The molecule has 10 heteroatoms.